The maximum absolute atomic E-state index is 13.2. The number of hydrogen-bond acceptors (Lipinski definition) is 13. The van der Waals surface area contributed by atoms with Gasteiger partial charge in [0.25, 0.3) is 0 Å². The van der Waals surface area contributed by atoms with Crippen molar-refractivity contribution in [3.05, 3.63) is 146 Å². The lowest BCUT2D eigenvalue weighted by Gasteiger charge is -2.46. The summed E-state index contributed by atoms with van der Waals surface area (Å²) < 4.78 is 22.7. The van der Waals surface area contributed by atoms with Gasteiger partial charge in [0.1, 0.15) is 48.8 Å². The molecule has 9 N–H and O–H groups in total. The van der Waals surface area contributed by atoms with Crippen LogP contribution in [0.15, 0.2) is 146 Å². The topological polar surface area (TPSA) is 228 Å². The number of carbonyl (C=O) groups excluding carboxylic acids is 1. The zero-order valence-corrected chi connectivity index (χ0v) is 49.9. The van der Waals surface area contributed by atoms with Crippen LogP contribution in [0, 0.1) is 0 Å². The summed E-state index contributed by atoms with van der Waals surface area (Å²) in [6.45, 7) is 2.54. The third-order valence-electron chi connectivity index (χ3n) is 14.0. The fraction of sp³-hybridized carbons (Fsp3) is 0.632. The quantitative estimate of drug-likeness (QED) is 0.0204. The first-order chi connectivity index (χ1) is 40.1. The number of ether oxygens (including phenoxy) is 4. The number of nitrogens with one attached hydrogen (secondary N) is 1. The molecule has 0 aliphatic carbocycles. The summed E-state index contributed by atoms with van der Waals surface area (Å²) >= 11 is 0. The molecule has 14 heteroatoms. The standard InChI is InChI=1S/C68H109NO13/c1-3-5-7-9-11-13-15-16-17-18-19-20-21-22-23-24-25-26-27-28-29-30-31-32-33-34-35-36-37-38-39-40-42-44-46-48-50-52-60(73)69-56(57(72)51-49-47-45-43-41-14-12-10-8-6-4-2)55-79-67-65(78)63(76)66(59(54-71)81-67)82-68-64(77)62(75)61(74)58(53-70)80-68/h5,7-8,10-11,13,16-17,19-20,22-23,25-26,28-29,31-32,34-35,41,43,49,51,56-59,61-68,70-72,74-78H,3-4,6,9,12,14-15,18,21,24,27,30,33,36-40,42,44-48,50,52-55H2,1-2H3,(H,69,73)/b7-5-,10-8+,13-11-,17-16-,20-19-,23-22-,26-25-,29-28-,32-31-,35-34-,43-41+,51-49+. The van der Waals surface area contributed by atoms with E-state index in [9.17, 15) is 45.6 Å². The van der Waals surface area contributed by atoms with Crippen LogP contribution in [0.4, 0.5) is 0 Å². The number of amides is 1. The molecule has 2 aliphatic rings. The second-order valence-corrected chi connectivity index (χ2v) is 21.1. The minimum atomic E-state index is -1.80. The van der Waals surface area contributed by atoms with Gasteiger partial charge < -0.3 is 65.1 Å². The first-order valence-electron chi connectivity index (χ1n) is 31.1. The number of rotatable bonds is 47. The summed E-state index contributed by atoms with van der Waals surface area (Å²) in [5.74, 6) is -0.269. The minimum absolute atomic E-state index is 0.252. The van der Waals surface area contributed by atoms with E-state index < -0.39 is 86.8 Å². The van der Waals surface area contributed by atoms with Gasteiger partial charge in [0.15, 0.2) is 12.6 Å². The van der Waals surface area contributed by atoms with Crippen molar-refractivity contribution < 1.29 is 64.6 Å². The van der Waals surface area contributed by atoms with Crippen LogP contribution in [0.1, 0.15) is 181 Å². The Morgan fingerprint density at radius 2 is 0.854 bits per heavy atom. The van der Waals surface area contributed by atoms with Crippen molar-refractivity contribution in [3.8, 4) is 0 Å². The molecule has 2 fully saturated rings. The average molecular weight is 1150 g/mol. The highest BCUT2D eigenvalue weighted by Crippen LogP contribution is 2.30. The average Bonchev–Trinajstić information content (AvgIpc) is 3.22. The van der Waals surface area contributed by atoms with Gasteiger partial charge in [-0.1, -0.05) is 211 Å². The smallest absolute Gasteiger partial charge is 0.220 e. The van der Waals surface area contributed by atoms with Crippen molar-refractivity contribution in [2.45, 2.75) is 254 Å². The molecule has 1 amide bonds. The van der Waals surface area contributed by atoms with Gasteiger partial charge in [0.2, 0.25) is 5.91 Å². The lowest BCUT2D eigenvalue weighted by Crippen LogP contribution is -2.65. The van der Waals surface area contributed by atoms with Crippen LogP contribution in [0.3, 0.4) is 0 Å². The summed E-state index contributed by atoms with van der Waals surface area (Å²) in [4.78, 5) is 13.2. The highest BCUT2D eigenvalue weighted by Gasteiger charge is 2.51. The van der Waals surface area contributed by atoms with Crippen LogP contribution in [-0.2, 0) is 23.7 Å². The van der Waals surface area contributed by atoms with Crippen molar-refractivity contribution in [2.75, 3.05) is 19.8 Å². The maximum atomic E-state index is 13.2. The van der Waals surface area contributed by atoms with E-state index in [1.807, 2.05) is 6.08 Å². The van der Waals surface area contributed by atoms with E-state index in [0.717, 1.165) is 122 Å². The first-order valence-corrected chi connectivity index (χ1v) is 31.1. The summed E-state index contributed by atoms with van der Waals surface area (Å²) in [7, 11) is 0. The monoisotopic (exact) mass is 1150 g/mol. The maximum Gasteiger partial charge on any atom is 0.220 e. The Bertz CT molecular complexity index is 1930. The molecule has 0 saturated carbocycles. The second-order valence-electron chi connectivity index (χ2n) is 21.1. The first kappa shape index (κ1) is 74.0. The molecule has 0 bridgehead atoms. The third kappa shape index (κ3) is 35.9. The molecule has 0 radical (unpaired) electrons. The van der Waals surface area contributed by atoms with E-state index in [-0.39, 0.29) is 18.9 Å². The molecular weight excluding hydrogens is 1040 g/mol. The minimum Gasteiger partial charge on any atom is -0.394 e. The Hall–Kier alpha value is -4.13. The van der Waals surface area contributed by atoms with Crippen molar-refractivity contribution in [3.63, 3.8) is 0 Å². The largest absolute Gasteiger partial charge is 0.394 e. The zero-order chi connectivity index (χ0) is 59.5. The van der Waals surface area contributed by atoms with E-state index in [1.165, 1.54) is 25.7 Å². The molecule has 0 aromatic rings. The van der Waals surface area contributed by atoms with Gasteiger partial charge in [-0.2, -0.15) is 0 Å². The van der Waals surface area contributed by atoms with Crippen LogP contribution in [0.25, 0.3) is 0 Å². The number of aliphatic hydroxyl groups excluding tert-OH is 8. The van der Waals surface area contributed by atoms with Crippen LogP contribution < -0.4 is 5.32 Å². The molecule has 2 aliphatic heterocycles. The van der Waals surface area contributed by atoms with Gasteiger partial charge in [-0.15, -0.1) is 0 Å². The number of unbranched alkanes of at least 4 members (excludes halogenated alkanes) is 12. The third-order valence-corrected chi connectivity index (χ3v) is 14.0. The Balaban J connectivity index is 1.64. The molecule has 0 spiro atoms. The van der Waals surface area contributed by atoms with E-state index in [1.54, 1.807) is 6.08 Å². The Labute approximate surface area is 493 Å². The van der Waals surface area contributed by atoms with Crippen LogP contribution in [0.5, 0.6) is 0 Å². The molecule has 2 rings (SSSR count). The molecule has 2 heterocycles. The van der Waals surface area contributed by atoms with E-state index in [0.29, 0.717) is 12.8 Å². The molecule has 0 aromatic heterocycles. The van der Waals surface area contributed by atoms with Crippen LogP contribution >= 0.6 is 0 Å². The Morgan fingerprint density at radius 3 is 1.33 bits per heavy atom. The summed E-state index contributed by atoms with van der Waals surface area (Å²) in [6, 6.07) is -0.950. The SMILES string of the molecule is CC/C=C\C/C=C\C/C=C\C/C=C\C/C=C\C/C=C\C/C=C\C/C=C\C/C=C\CCCCCCCCCCCC(=O)NC(COC1OC(CO)C(OC2OC(CO)C(O)C(O)C2O)C(O)C1O)C(O)/C=C/CC/C=C/CC/C=C/CCC. The van der Waals surface area contributed by atoms with Crippen LogP contribution in [0.2, 0.25) is 0 Å². The van der Waals surface area contributed by atoms with Crippen molar-refractivity contribution in [1.29, 1.82) is 0 Å². The fourth-order valence-corrected chi connectivity index (χ4v) is 9.03. The Morgan fingerprint density at radius 1 is 0.451 bits per heavy atom. The van der Waals surface area contributed by atoms with Gasteiger partial charge >= 0.3 is 0 Å². The number of aliphatic hydroxyl groups is 8. The summed E-state index contributed by atoms with van der Waals surface area (Å²) in [5.41, 5.74) is 0. The van der Waals surface area contributed by atoms with Gasteiger partial charge in [-0.25, -0.2) is 0 Å². The number of allylic oxidation sites excluding steroid dienone is 23. The molecule has 2 saturated heterocycles. The van der Waals surface area contributed by atoms with Gasteiger partial charge in [0, 0.05) is 6.42 Å². The lowest BCUT2D eigenvalue weighted by molar-refractivity contribution is -0.359. The van der Waals surface area contributed by atoms with Crippen LogP contribution in [-0.4, -0.2) is 140 Å². The summed E-state index contributed by atoms with van der Waals surface area (Å²) in [5, 5.41) is 86.9. The molecule has 12 atom stereocenters. The predicted molar refractivity (Wildman–Crippen MR) is 331 cm³/mol. The highest BCUT2D eigenvalue weighted by molar-refractivity contribution is 5.76. The number of hydrogen-bond donors (Lipinski definition) is 9. The van der Waals surface area contributed by atoms with Gasteiger partial charge in [0.05, 0.1) is 32.0 Å². The Kier molecular flexibility index (Phi) is 46.3. The lowest BCUT2D eigenvalue weighted by atomic mass is 9.97. The molecule has 0 aromatic carbocycles. The fourth-order valence-electron chi connectivity index (χ4n) is 9.03. The molecular formula is C68H109NO13. The summed E-state index contributed by atoms with van der Waals surface area (Å²) in [6.07, 6.45) is 60.5. The van der Waals surface area contributed by atoms with Gasteiger partial charge in [-0.3, -0.25) is 4.79 Å². The molecule has 12 unspecified atom stereocenters. The second kappa shape index (κ2) is 51.3. The van der Waals surface area contributed by atoms with E-state index in [2.05, 4.69) is 153 Å². The van der Waals surface area contributed by atoms with E-state index >= 15 is 0 Å². The molecule has 82 heavy (non-hydrogen) atoms. The highest BCUT2D eigenvalue weighted by atomic mass is 16.7. The van der Waals surface area contributed by atoms with E-state index in [4.69, 9.17) is 18.9 Å². The molecule has 464 valence electrons. The normalized spacial score (nSPS) is 25.0. The zero-order valence-electron chi connectivity index (χ0n) is 49.9. The van der Waals surface area contributed by atoms with Crippen molar-refractivity contribution in [2.24, 2.45) is 0 Å². The predicted octanol–water partition coefficient (Wildman–Crippen LogP) is 11.3. The molecule has 14 nitrogen and oxygen atoms in total. The van der Waals surface area contributed by atoms with Crippen molar-refractivity contribution in [1.82, 2.24) is 5.32 Å². The van der Waals surface area contributed by atoms with Gasteiger partial charge in [-0.05, 0) is 109 Å². The van der Waals surface area contributed by atoms with Crippen molar-refractivity contribution >= 4 is 5.91 Å². The number of carbonyl (C=O) groups is 1.